The van der Waals surface area contributed by atoms with Gasteiger partial charge in [0.2, 0.25) is 0 Å². The molecule has 3 rings (SSSR count). The first-order chi connectivity index (χ1) is 13.3. The van der Waals surface area contributed by atoms with Crippen molar-refractivity contribution in [3.05, 3.63) is 91.9 Å². The molecule has 0 aliphatic heterocycles. The molecule has 0 aromatic heterocycles. The third-order valence-electron chi connectivity index (χ3n) is 3.75. The van der Waals surface area contributed by atoms with Crippen LogP contribution >= 0.6 is 46.4 Å². The molecule has 0 saturated carbocycles. The zero-order valence-electron chi connectivity index (χ0n) is 14.1. The molecule has 2 amide bonds. The Kier molecular flexibility index (Phi) is 6.47. The van der Waals surface area contributed by atoms with Gasteiger partial charge in [-0.1, -0.05) is 52.5 Å². The van der Waals surface area contributed by atoms with E-state index in [-0.39, 0.29) is 0 Å². The van der Waals surface area contributed by atoms with E-state index in [0.717, 1.165) is 0 Å². The first-order valence-corrected chi connectivity index (χ1v) is 9.47. The standard InChI is InChI=1S/C20H12Cl4N2O2/c21-13-4-6-17(15(23)9-13)25-19(27)11-2-1-3-12(8-11)20(28)26-18-7-5-14(22)10-16(18)24/h1-10H,(H,25,27)(H,26,28). The molecule has 0 unspecified atom stereocenters. The number of nitrogens with one attached hydrogen (secondary N) is 2. The van der Waals surface area contributed by atoms with Crippen LogP contribution in [-0.2, 0) is 0 Å². The average Bonchev–Trinajstić information content (AvgIpc) is 2.66. The highest BCUT2D eigenvalue weighted by atomic mass is 35.5. The van der Waals surface area contributed by atoms with Crippen LogP contribution in [0.2, 0.25) is 20.1 Å². The molecule has 4 nitrogen and oxygen atoms in total. The fourth-order valence-corrected chi connectivity index (χ4v) is 3.28. The Labute approximate surface area is 181 Å². The Morgan fingerprint density at radius 2 is 1.04 bits per heavy atom. The molecule has 28 heavy (non-hydrogen) atoms. The van der Waals surface area contributed by atoms with Gasteiger partial charge in [0.1, 0.15) is 0 Å². The maximum atomic E-state index is 12.5. The van der Waals surface area contributed by atoms with Gasteiger partial charge in [0.05, 0.1) is 21.4 Å². The van der Waals surface area contributed by atoms with Crippen molar-refractivity contribution in [2.45, 2.75) is 0 Å². The number of rotatable bonds is 4. The van der Waals surface area contributed by atoms with Gasteiger partial charge in [-0.15, -0.1) is 0 Å². The molecule has 0 aliphatic rings. The van der Waals surface area contributed by atoms with Gasteiger partial charge in [0, 0.05) is 21.2 Å². The van der Waals surface area contributed by atoms with Gasteiger partial charge in [0.25, 0.3) is 11.8 Å². The summed E-state index contributed by atoms with van der Waals surface area (Å²) in [4.78, 5) is 25.0. The molecular formula is C20H12Cl4N2O2. The smallest absolute Gasteiger partial charge is 0.255 e. The van der Waals surface area contributed by atoms with E-state index in [2.05, 4.69) is 10.6 Å². The normalized spacial score (nSPS) is 10.4. The van der Waals surface area contributed by atoms with Crippen LogP contribution in [0.1, 0.15) is 20.7 Å². The Balaban J connectivity index is 1.77. The topological polar surface area (TPSA) is 58.2 Å². The summed E-state index contributed by atoms with van der Waals surface area (Å²) in [7, 11) is 0. The second kappa shape index (κ2) is 8.84. The van der Waals surface area contributed by atoms with Gasteiger partial charge < -0.3 is 10.6 Å². The summed E-state index contributed by atoms with van der Waals surface area (Å²) < 4.78 is 0. The van der Waals surface area contributed by atoms with Crippen LogP contribution in [0.4, 0.5) is 11.4 Å². The summed E-state index contributed by atoms with van der Waals surface area (Å²) in [5.74, 6) is -0.827. The number of hydrogen-bond acceptors (Lipinski definition) is 2. The molecule has 0 heterocycles. The lowest BCUT2D eigenvalue weighted by atomic mass is 10.1. The third-order valence-corrected chi connectivity index (χ3v) is 4.84. The molecule has 0 spiro atoms. The highest BCUT2D eigenvalue weighted by molar-refractivity contribution is 6.37. The van der Waals surface area contributed by atoms with Crippen molar-refractivity contribution in [1.29, 1.82) is 0 Å². The van der Waals surface area contributed by atoms with E-state index in [1.807, 2.05) is 0 Å². The molecule has 0 bridgehead atoms. The minimum atomic E-state index is -0.414. The van der Waals surface area contributed by atoms with Crippen molar-refractivity contribution in [3.8, 4) is 0 Å². The van der Waals surface area contributed by atoms with Crippen LogP contribution in [0.3, 0.4) is 0 Å². The SMILES string of the molecule is O=C(Nc1ccc(Cl)cc1Cl)c1cccc(C(=O)Nc2ccc(Cl)cc2Cl)c1. The van der Waals surface area contributed by atoms with Crippen LogP contribution in [0, 0.1) is 0 Å². The summed E-state index contributed by atoms with van der Waals surface area (Å²) in [6.45, 7) is 0. The highest BCUT2D eigenvalue weighted by Crippen LogP contribution is 2.27. The van der Waals surface area contributed by atoms with E-state index in [1.165, 1.54) is 18.2 Å². The minimum Gasteiger partial charge on any atom is -0.321 e. The molecule has 0 atom stereocenters. The van der Waals surface area contributed by atoms with Crippen molar-refractivity contribution in [3.63, 3.8) is 0 Å². The molecule has 0 aliphatic carbocycles. The van der Waals surface area contributed by atoms with E-state index in [1.54, 1.807) is 42.5 Å². The van der Waals surface area contributed by atoms with Gasteiger partial charge in [-0.05, 0) is 54.6 Å². The molecular weight excluding hydrogens is 442 g/mol. The first-order valence-electron chi connectivity index (χ1n) is 7.96. The van der Waals surface area contributed by atoms with Crippen LogP contribution in [0.5, 0.6) is 0 Å². The van der Waals surface area contributed by atoms with E-state index in [9.17, 15) is 9.59 Å². The molecule has 142 valence electrons. The van der Waals surface area contributed by atoms with Crippen molar-refractivity contribution in [2.75, 3.05) is 10.6 Å². The number of carbonyl (C=O) groups excluding carboxylic acids is 2. The molecule has 3 aromatic carbocycles. The second-order valence-corrected chi connectivity index (χ2v) is 7.42. The summed E-state index contributed by atoms with van der Waals surface area (Å²) in [6, 6.07) is 15.7. The predicted octanol–water partition coefficient (Wildman–Crippen LogP) is 6.80. The second-order valence-electron chi connectivity index (χ2n) is 5.74. The fourth-order valence-electron chi connectivity index (χ4n) is 2.37. The molecule has 0 fully saturated rings. The van der Waals surface area contributed by atoms with Gasteiger partial charge >= 0.3 is 0 Å². The Bertz CT molecular complexity index is 989. The lowest BCUT2D eigenvalue weighted by molar-refractivity contribution is 0.102. The van der Waals surface area contributed by atoms with Crippen LogP contribution in [0.15, 0.2) is 60.7 Å². The van der Waals surface area contributed by atoms with Gasteiger partial charge in [-0.25, -0.2) is 0 Å². The van der Waals surface area contributed by atoms with Gasteiger partial charge in [-0.2, -0.15) is 0 Å². The van der Waals surface area contributed by atoms with Gasteiger partial charge in [0.15, 0.2) is 0 Å². The van der Waals surface area contributed by atoms with Crippen LogP contribution in [0.25, 0.3) is 0 Å². The van der Waals surface area contributed by atoms with Crippen LogP contribution in [-0.4, -0.2) is 11.8 Å². The summed E-state index contributed by atoms with van der Waals surface area (Å²) in [6.07, 6.45) is 0. The van der Waals surface area contributed by atoms with Crippen molar-refractivity contribution in [2.24, 2.45) is 0 Å². The number of carbonyl (C=O) groups is 2. The molecule has 8 heteroatoms. The van der Waals surface area contributed by atoms with Gasteiger partial charge in [-0.3, -0.25) is 9.59 Å². The Morgan fingerprint density at radius 1 is 0.607 bits per heavy atom. The quantitative estimate of drug-likeness (QED) is 0.456. The summed E-state index contributed by atoms with van der Waals surface area (Å²) in [5, 5.41) is 6.92. The van der Waals surface area contributed by atoms with E-state index < -0.39 is 11.8 Å². The highest BCUT2D eigenvalue weighted by Gasteiger charge is 2.13. The van der Waals surface area contributed by atoms with E-state index >= 15 is 0 Å². The average molecular weight is 454 g/mol. The third kappa shape index (κ3) is 4.97. The number of amides is 2. The molecule has 2 N–H and O–H groups in total. The van der Waals surface area contributed by atoms with E-state index in [4.69, 9.17) is 46.4 Å². The molecule has 0 radical (unpaired) electrons. The van der Waals surface area contributed by atoms with E-state index in [0.29, 0.717) is 42.6 Å². The zero-order valence-corrected chi connectivity index (χ0v) is 17.1. The fraction of sp³-hybridized carbons (Fsp3) is 0. The monoisotopic (exact) mass is 452 g/mol. The minimum absolute atomic E-state index is 0.292. The maximum Gasteiger partial charge on any atom is 0.255 e. The number of anilines is 2. The maximum absolute atomic E-state index is 12.5. The lowest BCUT2D eigenvalue weighted by Crippen LogP contribution is -2.16. The van der Waals surface area contributed by atoms with Crippen molar-refractivity contribution in [1.82, 2.24) is 0 Å². The summed E-state index contributed by atoms with van der Waals surface area (Å²) >= 11 is 23.9. The largest absolute Gasteiger partial charge is 0.321 e. The number of halogens is 4. The van der Waals surface area contributed by atoms with Crippen LogP contribution < -0.4 is 10.6 Å². The summed E-state index contributed by atoms with van der Waals surface area (Å²) in [5.41, 5.74) is 1.42. The van der Waals surface area contributed by atoms with Crippen molar-refractivity contribution < 1.29 is 9.59 Å². The van der Waals surface area contributed by atoms with Crippen molar-refractivity contribution >= 4 is 69.6 Å². The Morgan fingerprint density at radius 3 is 1.43 bits per heavy atom. The number of hydrogen-bond donors (Lipinski definition) is 2. The molecule has 0 saturated heterocycles. The Hall–Kier alpha value is -2.24. The lowest BCUT2D eigenvalue weighted by Gasteiger charge is -2.10. The molecule has 3 aromatic rings. The first kappa shape index (κ1) is 20.5. The zero-order chi connectivity index (χ0) is 20.3. The predicted molar refractivity (Wildman–Crippen MR) is 115 cm³/mol. The number of benzene rings is 3.